The van der Waals surface area contributed by atoms with Crippen molar-refractivity contribution < 1.29 is 4.39 Å². The summed E-state index contributed by atoms with van der Waals surface area (Å²) in [6.07, 6.45) is 7.19. The number of aromatic nitrogens is 2. The zero-order chi connectivity index (χ0) is 10.7. The van der Waals surface area contributed by atoms with E-state index in [0.717, 1.165) is 26.1 Å². The molecule has 0 radical (unpaired) electrons. The molecule has 1 aromatic heterocycles. The summed E-state index contributed by atoms with van der Waals surface area (Å²) in [6, 6.07) is 0. The van der Waals surface area contributed by atoms with Gasteiger partial charge in [0.1, 0.15) is 5.67 Å². The van der Waals surface area contributed by atoms with E-state index in [-0.39, 0.29) is 0 Å². The van der Waals surface area contributed by atoms with E-state index in [1.54, 1.807) is 19.4 Å². The molecular weight excluding hydrogens is 193 g/mol. The van der Waals surface area contributed by atoms with Crippen LogP contribution in [0.4, 0.5) is 4.39 Å². The number of halogens is 1. The number of hydrogen-bond donors (Lipinski definition) is 0. The van der Waals surface area contributed by atoms with Crippen molar-refractivity contribution in [3.8, 4) is 0 Å². The Balaban J connectivity index is 1.80. The summed E-state index contributed by atoms with van der Waals surface area (Å²) in [5.41, 5.74) is -0.993. The van der Waals surface area contributed by atoms with Crippen LogP contribution in [-0.4, -0.2) is 39.8 Å². The lowest BCUT2D eigenvalue weighted by Crippen LogP contribution is -2.44. The molecule has 0 aliphatic carbocycles. The lowest BCUT2D eigenvalue weighted by atomic mass is 9.97. The molecule has 0 N–H and O–H groups in total. The molecule has 1 fully saturated rings. The highest BCUT2D eigenvalue weighted by atomic mass is 19.1. The second-order valence-electron chi connectivity index (χ2n) is 4.59. The van der Waals surface area contributed by atoms with Crippen molar-refractivity contribution in [2.75, 3.05) is 19.6 Å². The Morgan fingerprint density at radius 1 is 1.47 bits per heavy atom. The minimum atomic E-state index is -0.993. The topological polar surface area (TPSA) is 21.1 Å². The summed E-state index contributed by atoms with van der Waals surface area (Å²) in [7, 11) is 0. The summed E-state index contributed by atoms with van der Waals surface area (Å²) in [4.78, 5) is 6.18. The Morgan fingerprint density at radius 3 is 3.00 bits per heavy atom. The van der Waals surface area contributed by atoms with Crippen molar-refractivity contribution in [1.29, 1.82) is 0 Å². The van der Waals surface area contributed by atoms with Gasteiger partial charge in [0.2, 0.25) is 0 Å². The fourth-order valence-corrected chi connectivity index (χ4v) is 2.16. The molecule has 1 aliphatic rings. The van der Waals surface area contributed by atoms with Crippen LogP contribution in [0.1, 0.15) is 19.8 Å². The van der Waals surface area contributed by atoms with Crippen LogP contribution in [0.15, 0.2) is 18.7 Å². The predicted octanol–water partition coefficient (Wildman–Crippen LogP) is 1.71. The number of likely N-dealkylation sites (tertiary alicyclic amines) is 1. The molecule has 1 aromatic rings. The van der Waals surface area contributed by atoms with Gasteiger partial charge in [0.15, 0.2) is 0 Å². The molecular formula is C11H18FN3. The van der Waals surface area contributed by atoms with Crippen LogP contribution in [0.5, 0.6) is 0 Å². The van der Waals surface area contributed by atoms with Gasteiger partial charge in [-0.2, -0.15) is 0 Å². The van der Waals surface area contributed by atoms with Gasteiger partial charge in [0.05, 0.1) is 6.33 Å². The summed E-state index contributed by atoms with van der Waals surface area (Å²) in [6.45, 7) is 5.11. The first-order valence-electron chi connectivity index (χ1n) is 5.53. The Hall–Kier alpha value is -0.900. The normalized spacial score (nSPS) is 28.1. The van der Waals surface area contributed by atoms with Gasteiger partial charge in [-0.05, 0) is 26.3 Å². The first-order valence-corrected chi connectivity index (χ1v) is 5.53. The first-order chi connectivity index (χ1) is 7.16. The highest BCUT2D eigenvalue weighted by Gasteiger charge is 2.29. The molecule has 1 aliphatic heterocycles. The third-order valence-corrected chi connectivity index (χ3v) is 2.96. The van der Waals surface area contributed by atoms with Crippen LogP contribution in [0, 0.1) is 0 Å². The zero-order valence-electron chi connectivity index (χ0n) is 9.19. The summed E-state index contributed by atoms with van der Waals surface area (Å²) in [5.74, 6) is 0. The Morgan fingerprint density at radius 2 is 2.33 bits per heavy atom. The average Bonchev–Trinajstić information content (AvgIpc) is 2.65. The number of piperidine rings is 1. The van der Waals surface area contributed by atoms with E-state index in [4.69, 9.17) is 0 Å². The van der Waals surface area contributed by atoms with E-state index in [0.29, 0.717) is 13.0 Å². The van der Waals surface area contributed by atoms with E-state index >= 15 is 0 Å². The SMILES string of the molecule is CC1(F)CCCN(CCn2ccnc2)C1. The van der Waals surface area contributed by atoms with Gasteiger partial charge in [-0.1, -0.05) is 0 Å². The highest BCUT2D eigenvalue weighted by molar-refractivity contribution is 4.83. The lowest BCUT2D eigenvalue weighted by molar-refractivity contribution is 0.0587. The fourth-order valence-electron chi connectivity index (χ4n) is 2.16. The van der Waals surface area contributed by atoms with Crippen LogP contribution in [0.25, 0.3) is 0 Å². The van der Waals surface area contributed by atoms with Crippen molar-refractivity contribution >= 4 is 0 Å². The van der Waals surface area contributed by atoms with Crippen molar-refractivity contribution in [2.24, 2.45) is 0 Å². The standard InChI is InChI=1S/C11H18FN3/c1-11(12)3-2-5-14(9-11)7-8-15-6-4-13-10-15/h4,6,10H,2-3,5,7-9H2,1H3. The molecule has 4 heteroatoms. The molecule has 1 saturated heterocycles. The van der Waals surface area contributed by atoms with Crippen LogP contribution < -0.4 is 0 Å². The minimum absolute atomic E-state index is 0.571. The Bertz CT molecular complexity index is 295. The molecule has 2 heterocycles. The molecule has 2 rings (SSSR count). The van der Waals surface area contributed by atoms with E-state index in [2.05, 4.69) is 9.88 Å². The van der Waals surface area contributed by atoms with Crippen LogP contribution in [0.2, 0.25) is 0 Å². The fraction of sp³-hybridized carbons (Fsp3) is 0.727. The molecule has 0 bridgehead atoms. The molecule has 0 aromatic carbocycles. The molecule has 3 nitrogen and oxygen atoms in total. The van der Waals surface area contributed by atoms with Crippen LogP contribution >= 0.6 is 0 Å². The quantitative estimate of drug-likeness (QED) is 0.759. The molecule has 15 heavy (non-hydrogen) atoms. The monoisotopic (exact) mass is 211 g/mol. The summed E-state index contributed by atoms with van der Waals surface area (Å²) >= 11 is 0. The number of rotatable bonds is 3. The smallest absolute Gasteiger partial charge is 0.120 e. The predicted molar refractivity (Wildman–Crippen MR) is 57.4 cm³/mol. The molecule has 0 spiro atoms. The van der Waals surface area contributed by atoms with Crippen molar-refractivity contribution in [2.45, 2.75) is 32.0 Å². The molecule has 1 atom stereocenters. The number of alkyl halides is 1. The highest BCUT2D eigenvalue weighted by Crippen LogP contribution is 2.24. The molecule has 0 amide bonds. The first kappa shape index (κ1) is 10.6. The van der Waals surface area contributed by atoms with E-state index in [1.165, 1.54) is 0 Å². The van der Waals surface area contributed by atoms with Crippen LogP contribution in [-0.2, 0) is 6.54 Å². The van der Waals surface area contributed by atoms with Crippen LogP contribution in [0.3, 0.4) is 0 Å². The number of hydrogen-bond acceptors (Lipinski definition) is 2. The van der Waals surface area contributed by atoms with Crippen molar-refractivity contribution in [3.63, 3.8) is 0 Å². The maximum absolute atomic E-state index is 13.7. The van der Waals surface area contributed by atoms with Gasteiger partial charge in [-0.25, -0.2) is 9.37 Å². The van der Waals surface area contributed by atoms with Gasteiger partial charge in [-0.15, -0.1) is 0 Å². The Kier molecular flexibility index (Phi) is 3.05. The molecule has 1 unspecified atom stereocenters. The maximum Gasteiger partial charge on any atom is 0.120 e. The molecule has 84 valence electrons. The van der Waals surface area contributed by atoms with Gasteiger partial charge < -0.3 is 4.57 Å². The second kappa shape index (κ2) is 4.31. The largest absolute Gasteiger partial charge is 0.336 e. The Labute approximate surface area is 89.9 Å². The average molecular weight is 211 g/mol. The van der Waals surface area contributed by atoms with Gasteiger partial charge in [0.25, 0.3) is 0 Å². The minimum Gasteiger partial charge on any atom is -0.336 e. The lowest BCUT2D eigenvalue weighted by Gasteiger charge is -2.35. The van der Waals surface area contributed by atoms with E-state index in [9.17, 15) is 4.39 Å². The van der Waals surface area contributed by atoms with Gasteiger partial charge in [0, 0.05) is 32.0 Å². The van der Waals surface area contributed by atoms with E-state index in [1.807, 2.05) is 10.8 Å². The van der Waals surface area contributed by atoms with Crippen molar-refractivity contribution in [3.05, 3.63) is 18.7 Å². The number of imidazole rings is 1. The third kappa shape index (κ3) is 3.02. The number of nitrogens with zero attached hydrogens (tertiary/aromatic N) is 3. The van der Waals surface area contributed by atoms with Gasteiger partial charge >= 0.3 is 0 Å². The second-order valence-corrected chi connectivity index (χ2v) is 4.59. The summed E-state index contributed by atoms with van der Waals surface area (Å²) < 4.78 is 15.8. The molecule has 0 saturated carbocycles. The van der Waals surface area contributed by atoms with Gasteiger partial charge in [-0.3, -0.25) is 4.90 Å². The van der Waals surface area contributed by atoms with E-state index < -0.39 is 5.67 Å². The maximum atomic E-state index is 13.7. The van der Waals surface area contributed by atoms with Crippen molar-refractivity contribution in [1.82, 2.24) is 14.5 Å². The summed E-state index contributed by atoms with van der Waals surface area (Å²) in [5, 5.41) is 0. The third-order valence-electron chi connectivity index (χ3n) is 2.96. The zero-order valence-corrected chi connectivity index (χ0v) is 9.19.